The van der Waals surface area contributed by atoms with Crippen LogP contribution in [0.2, 0.25) is 0 Å². The Morgan fingerprint density at radius 1 is 1.50 bits per heavy atom. The quantitative estimate of drug-likeness (QED) is 0.569. The fourth-order valence-electron chi connectivity index (χ4n) is 0.697. The highest BCUT2D eigenvalue weighted by molar-refractivity contribution is 5.77. The van der Waals surface area contributed by atoms with Crippen molar-refractivity contribution in [2.45, 2.75) is 20.8 Å². The highest BCUT2D eigenvalue weighted by atomic mass is 16.6. The Morgan fingerprint density at radius 3 is 2.67 bits per heavy atom. The van der Waals surface area contributed by atoms with Crippen LogP contribution in [0.5, 0.6) is 0 Å². The molecule has 12 heavy (non-hydrogen) atoms. The van der Waals surface area contributed by atoms with Gasteiger partial charge in [-0.3, -0.25) is 9.63 Å². The van der Waals surface area contributed by atoms with Gasteiger partial charge in [0, 0.05) is 12.5 Å². The molecule has 0 heterocycles. The highest BCUT2D eigenvalue weighted by Crippen LogP contribution is 1.91. The van der Waals surface area contributed by atoms with Crippen molar-refractivity contribution < 1.29 is 9.63 Å². The maximum atomic E-state index is 11.1. The average molecular weight is 174 g/mol. The van der Waals surface area contributed by atoms with Gasteiger partial charge in [-0.1, -0.05) is 13.8 Å². The summed E-state index contributed by atoms with van der Waals surface area (Å²) in [6, 6.07) is 0. The average Bonchev–Trinajstić information content (AvgIpc) is 2.10. The van der Waals surface area contributed by atoms with E-state index in [1.54, 1.807) is 0 Å². The lowest BCUT2D eigenvalue weighted by Gasteiger charge is -2.11. The van der Waals surface area contributed by atoms with Crippen LogP contribution in [0.3, 0.4) is 0 Å². The number of nitrogens with one attached hydrogen (secondary N) is 2. The minimum absolute atomic E-state index is 0.0449. The van der Waals surface area contributed by atoms with Crippen molar-refractivity contribution in [3.05, 3.63) is 0 Å². The molecule has 0 aromatic rings. The van der Waals surface area contributed by atoms with E-state index < -0.39 is 0 Å². The summed E-state index contributed by atoms with van der Waals surface area (Å²) >= 11 is 0. The zero-order chi connectivity index (χ0) is 9.40. The largest absolute Gasteiger partial charge is 0.316 e. The van der Waals surface area contributed by atoms with Crippen LogP contribution in [0, 0.1) is 5.92 Å². The van der Waals surface area contributed by atoms with Gasteiger partial charge >= 0.3 is 0 Å². The van der Waals surface area contributed by atoms with Crippen LogP contribution >= 0.6 is 0 Å². The molecule has 0 aromatic carbocycles. The van der Waals surface area contributed by atoms with Crippen molar-refractivity contribution >= 4 is 5.91 Å². The zero-order valence-electron chi connectivity index (χ0n) is 8.02. The number of rotatable bonds is 6. The summed E-state index contributed by atoms with van der Waals surface area (Å²) in [5.74, 6) is -0.116. The van der Waals surface area contributed by atoms with Crippen molar-refractivity contribution in [3.8, 4) is 0 Å². The maximum Gasteiger partial charge on any atom is 0.247 e. The van der Waals surface area contributed by atoms with Crippen LogP contribution in [0.15, 0.2) is 0 Å². The molecule has 0 fully saturated rings. The summed E-state index contributed by atoms with van der Waals surface area (Å²) in [5, 5.41) is 3.09. The summed E-state index contributed by atoms with van der Waals surface area (Å²) in [6.07, 6.45) is 0. The van der Waals surface area contributed by atoms with Gasteiger partial charge in [0.25, 0.3) is 0 Å². The van der Waals surface area contributed by atoms with E-state index in [4.69, 9.17) is 4.84 Å². The SMILES string of the molecule is CCNCC(C)C(=O)NOCC. The van der Waals surface area contributed by atoms with Gasteiger partial charge in [-0.25, -0.2) is 5.48 Å². The molecule has 1 atom stereocenters. The smallest absolute Gasteiger partial charge is 0.247 e. The molecular formula is C8H18N2O2. The van der Waals surface area contributed by atoms with Gasteiger partial charge in [0.15, 0.2) is 0 Å². The lowest BCUT2D eigenvalue weighted by Crippen LogP contribution is -2.35. The second-order valence-electron chi connectivity index (χ2n) is 2.61. The molecule has 0 saturated heterocycles. The number of amides is 1. The summed E-state index contributed by atoms with van der Waals surface area (Å²) in [4.78, 5) is 15.9. The Kier molecular flexibility index (Phi) is 6.70. The molecule has 0 aliphatic heterocycles. The minimum atomic E-state index is -0.0715. The van der Waals surface area contributed by atoms with Crippen LogP contribution in [-0.4, -0.2) is 25.6 Å². The maximum absolute atomic E-state index is 11.1. The van der Waals surface area contributed by atoms with Crippen LogP contribution in [0.25, 0.3) is 0 Å². The summed E-state index contributed by atoms with van der Waals surface area (Å²) < 4.78 is 0. The molecule has 2 N–H and O–H groups in total. The number of hydrogen-bond acceptors (Lipinski definition) is 3. The van der Waals surface area contributed by atoms with Gasteiger partial charge in [0.05, 0.1) is 6.61 Å². The lowest BCUT2D eigenvalue weighted by molar-refractivity contribution is -0.136. The third-order valence-electron chi connectivity index (χ3n) is 1.47. The first kappa shape index (κ1) is 11.4. The van der Waals surface area contributed by atoms with Crippen LogP contribution in [0.1, 0.15) is 20.8 Å². The number of hydrogen-bond donors (Lipinski definition) is 2. The number of carbonyl (C=O) groups is 1. The molecule has 0 aliphatic rings. The third-order valence-corrected chi connectivity index (χ3v) is 1.47. The summed E-state index contributed by atoms with van der Waals surface area (Å²) in [6.45, 7) is 7.76. The first-order valence-electron chi connectivity index (χ1n) is 4.34. The Bertz CT molecular complexity index is 128. The molecule has 72 valence electrons. The molecule has 0 aliphatic carbocycles. The molecule has 0 bridgehead atoms. The van der Waals surface area contributed by atoms with E-state index in [1.165, 1.54) is 0 Å². The van der Waals surface area contributed by atoms with Crippen LogP contribution in [0.4, 0.5) is 0 Å². The first-order chi connectivity index (χ1) is 5.72. The molecule has 0 rings (SSSR count). The van der Waals surface area contributed by atoms with E-state index in [2.05, 4.69) is 10.8 Å². The molecule has 0 saturated carbocycles. The molecule has 0 aromatic heterocycles. The standard InChI is InChI=1S/C8H18N2O2/c1-4-9-6-7(3)8(11)10-12-5-2/h7,9H,4-6H2,1-3H3,(H,10,11). The number of carbonyl (C=O) groups excluding carboxylic acids is 1. The third kappa shape index (κ3) is 5.09. The highest BCUT2D eigenvalue weighted by Gasteiger charge is 2.10. The second kappa shape index (κ2) is 7.06. The predicted molar refractivity (Wildman–Crippen MR) is 47.5 cm³/mol. The summed E-state index contributed by atoms with van der Waals surface area (Å²) in [5.41, 5.74) is 2.36. The normalized spacial score (nSPS) is 12.6. The molecule has 4 nitrogen and oxygen atoms in total. The minimum Gasteiger partial charge on any atom is -0.316 e. The second-order valence-corrected chi connectivity index (χ2v) is 2.61. The van der Waals surface area contributed by atoms with E-state index in [0.717, 1.165) is 6.54 Å². The Morgan fingerprint density at radius 2 is 2.17 bits per heavy atom. The Balaban J connectivity index is 3.47. The zero-order valence-corrected chi connectivity index (χ0v) is 8.02. The van der Waals surface area contributed by atoms with Crippen molar-refractivity contribution in [1.82, 2.24) is 10.8 Å². The van der Waals surface area contributed by atoms with Crippen molar-refractivity contribution in [2.75, 3.05) is 19.7 Å². The van der Waals surface area contributed by atoms with Gasteiger partial charge in [-0.15, -0.1) is 0 Å². The monoisotopic (exact) mass is 174 g/mol. The van der Waals surface area contributed by atoms with E-state index in [0.29, 0.717) is 13.2 Å². The van der Waals surface area contributed by atoms with E-state index >= 15 is 0 Å². The van der Waals surface area contributed by atoms with Gasteiger partial charge < -0.3 is 5.32 Å². The topological polar surface area (TPSA) is 50.4 Å². The first-order valence-corrected chi connectivity index (χ1v) is 4.34. The lowest BCUT2D eigenvalue weighted by atomic mass is 10.2. The van der Waals surface area contributed by atoms with E-state index in [9.17, 15) is 4.79 Å². The summed E-state index contributed by atoms with van der Waals surface area (Å²) in [7, 11) is 0. The van der Waals surface area contributed by atoms with Gasteiger partial charge in [0.1, 0.15) is 0 Å². The van der Waals surface area contributed by atoms with Gasteiger partial charge in [-0.05, 0) is 13.5 Å². The molecular weight excluding hydrogens is 156 g/mol. The van der Waals surface area contributed by atoms with E-state index in [1.807, 2.05) is 20.8 Å². The molecule has 4 heteroatoms. The fraction of sp³-hybridized carbons (Fsp3) is 0.875. The van der Waals surface area contributed by atoms with Crippen molar-refractivity contribution in [3.63, 3.8) is 0 Å². The molecule has 0 spiro atoms. The van der Waals surface area contributed by atoms with Crippen LogP contribution in [-0.2, 0) is 9.63 Å². The van der Waals surface area contributed by atoms with Crippen molar-refractivity contribution in [2.24, 2.45) is 5.92 Å². The number of hydroxylamine groups is 1. The predicted octanol–water partition coefficient (Wildman–Crippen LogP) is 0.300. The Hall–Kier alpha value is -0.610. The van der Waals surface area contributed by atoms with E-state index in [-0.39, 0.29) is 11.8 Å². The molecule has 1 unspecified atom stereocenters. The van der Waals surface area contributed by atoms with Crippen molar-refractivity contribution in [1.29, 1.82) is 0 Å². The van der Waals surface area contributed by atoms with Gasteiger partial charge in [-0.2, -0.15) is 0 Å². The molecule has 1 amide bonds. The fourth-order valence-corrected chi connectivity index (χ4v) is 0.697. The van der Waals surface area contributed by atoms with Crippen LogP contribution < -0.4 is 10.8 Å². The van der Waals surface area contributed by atoms with Gasteiger partial charge in [0.2, 0.25) is 5.91 Å². The molecule has 0 radical (unpaired) electrons. The Labute approximate surface area is 73.6 Å².